The molecule has 2 rings (SSSR count). The number of nitrogens with two attached hydrogens (primary N) is 1. The zero-order valence-electron chi connectivity index (χ0n) is 5.41. The minimum atomic E-state index is 0.174. The number of fused-ring (bicyclic) bond motifs is 1. The van der Waals surface area contributed by atoms with E-state index in [1.54, 1.807) is 6.07 Å². The van der Waals surface area contributed by atoms with E-state index >= 15 is 0 Å². The van der Waals surface area contributed by atoms with Gasteiger partial charge in [0.15, 0.2) is 11.0 Å². The van der Waals surface area contributed by atoms with E-state index < -0.39 is 0 Å². The summed E-state index contributed by atoms with van der Waals surface area (Å²) < 4.78 is 4.94. The molecule has 0 amide bonds. The third-order valence-corrected chi connectivity index (χ3v) is 1.55. The molecule has 0 saturated heterocycles. The molecule has 2 aromatic rings. The number of hydrogen-bond donors (Lipinski definition) is 1. The Hall–Kier alpha value is -1.29. The maximum absolute atomic E-state index is 5.59. The molecule has 0 saturated carbocycles. The van der Waals surface area contributed by atoms with Gasteiger partial charge in [0, 0.05) is 6.07 Å². The lowest BCUT2D eigenvalue weighted by atomic mass is 10.5. The number of nitrogens with zero attached hydrogens (tertiary/aromatic N) is 2. The van der Waals surface area contributed by atoms with E-state index in [9.17, 15) is 0 Å². The summed E-state index contributed by atoms with van der Waals surface area (Å²) in [7, 11) is 0. The Balaban J connectivity index is 2.86. The Morgan fingerprint density at radius 1 is 1.45 bits per heavy atom. The smallest absolute Gasteiger partial charge is 0.246 e. The standard InChI is InChI=1S/C6H4ClN3O/c7-4-5(8)9-3-1-2-11-6(3)10-4/h1-2H,(H2,8,9). The second-order valence-corrected chi connectivity index (χ2v) is 2.37. The number of furan rings is 1. The predicted octanol–water partition coefficient (Wildman–Crippen LogP) is 1.46. The van der Waals surface area contributed by atoms with E-state index in [2.05, 4.69) is 9.97 Å². The molecule has 0 fully saturated rings. The molecule has 0 aromatic carbocycles. The van der Waals surface area contributed by atoms with Gasteiger partial charge in [-0.1, -0.05) is 11.6 Å². The Morgan fingerprint density at radius 3 is 3.09 bits per heavy atom. The van der Waals surface area contributed by atoms with Crippen LogP contribution in [0, 0.1) is 0 Å². The van der Waals surface area contributed by atoms with Crippen LogP contribution in [0.2, 0.25) is 5.15 Å². The van der Waals surface area contributed by atoms with E-state index in [4.69, 9.17) is 21.8 Å². The van der Waals surface area contributed by atoms with Gasteiger partial charge in [-0.25, -0.2) is 4.98 Å². The van der Waals surface area contributed by atoms with Crippen LogP contribution >= 0.6 is 11.6 Å². The van der Waals surface area contributed by atoms with Gasteiger partial charge in [0.2, 0.25) is 5.71 Å². The molecule has 2 heterocycles. The molecule has 0 atom stereocenters. The highest BCUT2D eigenvalue weighted by atomic mass is 35.5. The molecule has 2 aromatic heterocycles. The van der Waals surface area contributed by atoms with Crippen molar-refractivity contribution < 1.29 is 4.42 Å². The van der Waals surface area contributed by atoms with Crippen molar-refractivity contribution in [1.82, 2.24) is 9.97 Å². The predicted molar refractivity (Wildman–Crippen MR) is 41.2 cm³/mol. The van der Waals surface area contributed by atoms with Crippen molar-refractivity contribution in [3.8, 4) is 0 Å². The van der Waals surface area contributed by atoms with Gasteiger partial charge < -0.3 is 10.2 Å². The van der Waals surface area contributed by atoms with Crippen molar-refractivity contribution in [2.75, 3.05) is 5.73 Å². The summed E-state index contributed by atoms with van der Waals surface area (Å²) in [6.45, 7) is 0. The third-order valence-electron chi connectivity index (χ3n) is 1.28. The molecule has 56 valence electrons. The van der Waals surface area contributed by atoms with Crippen LogP contribution in [0.15, 0.2) is 16.7 Å². The van der Waals surface area contributed by atoms with Crippen LogP contribution in [0.4, 0.5) is 5.82 Å². The van der Waals surface area contributed by atoms with Crippen molar-refractivity contribution in [1.29, 1.82) is 0 Å². The third kappa shape index (κ3) is 0.914. The van der Waals surface area contributed by atoms with E-state index in [1.165, 1.54) is 6.26 Å². The maximum atomic E-state index is 5.59. The van der Waals surface area contributed by atoms with Crippen molar-refractivity contribution in [2.45, 2.75) is 0 Å². The maximum Gasteiger partial charge on any atom is 0.246 e. The molecule has 0 bridgehead atoms. The normalized spacial score (nSPS) is 10.6. The number of hydrogen-bond acceptors (Lipinski definition) is 4. The Morgan fingerprint density at radius 2 is 2.27 bits per heavy atom. The summed E-state index contributed by atoms with van der Waals surface area (Å²) in [6.07, 6.45) is 1.49. The van der Waals surface area contributed by atoms with Crippen molar-refractivity contribution >= 4 is 28.6 Å². The highest BCUT2D eigenvalue weighted by molar-refractivity contribution is 6.31. The molecule has 5 heteroatoms. The number of rotatable bonds is 0. The fourth-order valence-electron chi connectivity index (χ4n) is 0.786. The van der Waals surface area contributed by atoms with Crippen LogP contribution in [0.25, 0.3) is 11.2 Å². The van der Waals surface area contributed by atoms with E-state index in [-0.39, 0.29) is 11.0 Å². The first-order valence-corrected chi connectivity index (χ1v) is 3.31. The van der Waals surface area contributed by atoms with Crippen LogP contribution in [0.3, 0.4) is 0 Å². The molecule has 0 aliphatic carbocycles. The molecule has 0 unspecified atom stereocenters. The van der Waals surface area contributed by atoms with Gasteiger partial charge in [0.1, 0.15) is 5.52 Å². The second kappa shape index (κ2) is 2.10. The van der Waals surface area contributed by atoms with E-state index in [0.29, 0.717) is 11.2 Å². The molecule has 0 aliphatic rings. The Bertz CT molecular complexity index is 362. The summed E-state index contributed by atoms with van der Waals surface area (Å²) in [4.78, 5) is 7.77. The minimum Gasteiger partial charge on any atom is -0.445 e. The first-order valence-electron chi connectivity index (χ1n) is 2.93. The summed E-state index contributed by atoms with van der Waals surface area (Å²) in [5, 5.41) is 0.174. The number of nitrogen functional groups attached to an aromatic ring is 1. The van der Waals surface area contributed by atoms with Gasteiger partial charge in [0.05, 0.1) is 6.26 Å². The topological polar surface area (TPSA) is 64.9 Å². The molecule has 2 N–H and O–H groups in total. The Kier molecular flexibility index (Phi) is 1.22. The largest absolute Gasteiger partial charge is 0.445 e. The molecule has 0 aliphatic heterocycles. The summed E-state index contributed by atoms with van der Waals surface area (Å²) in [5.41, 5.74) is 6.42. The lowest BCUT2D eigenvalue weighted by molar-refractivity contribution is 0.602. The molecule has 0 spiro atoms. The molecular formula is C6H4ClN3O. The van der Waals surface area contributed by atoms with Crippen LogP contribution in [0.5, 0.6) is 0 Å². The molecular weight excluding hydrogens is 166 g/mol. The van der Waals surface area contributed by atoms with Gasteiger partial charge in [-0.05, 0) is 0 Å². The van der Waals surface area contributed by atoms with E-state index in [0.717, 1.165) is 0 Å². The van der Waals surface area contributed by atoms with E-state index in [1.807, 2.05) is 0 Å². The quantitative estimate of drug-likeness (QED) is 0.649. The first kappa shape index (κ1) is 6.42. The van der Waals surface area contributed by atoms with Gasteiger partial charge in [-0.2, -0.15) is 4.98 Å². The highest BCUT2D eigenvalue weighted by Crippen LogP contribution is 2.18. The fraction of sp³-hybridized carbons (Fsp3) is 0. The number of halogens is 1. The summed E-state index contributed by atoms with van der Waals surface area (Å²) in [6, 6.07) is 1.68. The second-order valence-electron chi connectivity index (χ2n) is 2.01. The van der Waals surface area contributed by atoms with Crippen LogP contribution in [-0.2, 0) is 0 Å². The summed E-state index contributed by atoms with van der Waals surface area (Å²) in [5.74, 6) is 0.223. The number of aromatic nitrogens is 2. The minimum absolute atomic E-state index is 0.174. The van der Waals surface area contributed by atoms with Crippen molar-refractivity contribution in [3.05, 3.63) is 17.5 Å². The Labute approximate surface area is 67.0 Å². The molecule has 0 radical (unpaired) electrons. The average molecular weight is 170 g/mol. The zero-order valence-corrected chi connectivity index (χ0v) is 6.17. The van der Waals surface area contributed by atoms with Crippen molar-refractivity contribution in [2.24, 2.45) is 0 Å². The highest BCUT2D eigenvalue weighted by Gasteiger charge is 2.04. The lowest BCUT2D eigenvalue weighted by Crippen LogP contribution is -1.92. The van der Waals surface area contributed by atoms with Gasteiger partial charge in [-0.3, -0.25) is 0 Å². The molecule has 4 nitrogen and oxygen atoms in total. The van der Waals surface area contributed by atoms with Crippen LogP contribution in [0.1, 0.15) is 0 Å². The summed E-state index contributed by atoms with van der Waals surface area (Å²) >= 11 is 5.59. The van der Waals surface area contributed by atoms with Gasteiger partial charge >= 0.3 is 0 Å². The zero-order chi connectivity index (χ0) is 7.84. The molecule has 11 heavy (non-hydrogen) atoms. The first-order chi connectivity index (χ1) is 5.27. The monoisotopic (exact) mass is 169 g/mol. The SMILES string of the molecule is Nc1nc2ccoc2nc1Cl. The van der Waals surface area contributed by atoms with Crippen molar-refractivity contribution in [3.63, 3.8) is 0 Å². The average Bonchev–Trinajstić information content (AvgIpc) is 2.36. The fourth-order valence-corrected chi connectivity index (χ4v) is 0.905. The van der Waals surface area contributed by atoms with Crippen LogP contribution in [-0.4, -0.2) is 9.97 Å². The van der Waals surface area contributed by atoms with Gasteiger partial charge in [-0.15, -0.1) is 0 Å². The van der Waals surface area contributed by atoms with Gasteiger partial charge in [0.25, 0.3) is 0 Å². The number of anilines is 1. The lowest BCUT2D eigenvalue weighted by Gasteiger charge is -1.93. The van der Waals surface area contributed by atoms with Crippen LogP contribution < -0.4 is 5.73 Å².